The van der Waals surface area contributed by atoms with Gasteiger partial charge in [0.2, 0.25) is 5.69 Å². The Balaban J connectivity index is 1.49. The normalized spacial score (nSPS) is 18.3. The maximum Gasteiger partial charge on any atom is 0.303 e. The molecule has 4 rings (SSSR count). The van der Waals surface area contributed by atoms with E-state index < -0.39 is 37.0 Å². The van der Waals surface area contributed by atoms with Gasteiger partial charge in [-0.15, -0.1) is 0 Å². The highest BCUT2D eigenvalue weighted by atomic mass is 32.2. The van der Waals surface area contributed by atoms with E-state index in [9.17, 15) is 35.8 Å². The lowest BCUT2D eigenvalue weighted by Crippen LogP contribution is -2.33. The Hall–Kier alpha value is -4.24. The maximum absolute atomic E-state index is 12.5. The molecule has 0 aromatic heterocycles. The number of carboxylic acid groups (broad SMARTS) is 1. The molecule has 2 aliphatic rings. The van der Waals surface area contributed by atoms with Crippen molar-refractivity contribution in [3.8, 4) is 0 Å². The molecule has 0 amide bonds. The van der Waals surface area contributed by atoms with Crippen LogP contribution in [0.4, 0.5) is 11.4 Å². The highest BCUT2D eigenvalue weighted by Crippen LogP contribution is 2.50. The van der Waals surface area contributed by atoms with Gasteiger partial charge >= 0.3 is 5.97 Å². The Kier molecular flexibility index (Phi) is 29.4. The minimum Gasteiger partial charge on any atom is -0.481 e. The molecule has 432 valence electrons. The minimum atomic E-state index is -4.53. The number of anilines is 1. The zero-order valence-electron chi connectivity index (χ0n) is 45.6. The lowest BCUT2D eigenvalue weighted by Gasteiger charge is -2.30. The van der Waals surface area contributed by atoms with Crippen molar-refractivity contribution in [1.29, 1.82) is 0 Å². The largest absolute Gasteiger partial charge is 0.481 e. The van der Waals surface area contributed by atoms with Gasteiger partial charge < -0.3 is 57.4 Å². The van der Waals surface area contributed by atoms with Gasteiger partial charge in [0.25, 0.3) is 20.2 Å². The summed E-state index contributed by atoms with van der Waals surface area (Å²) >= 11 is 0. The molecule has 2 aromatic carbocycles. The maximum atomic E-state index is 12.5. The number of hydrogen-bond donors (Lipinski definition) is 3. The van der Waals surface area contributed by atoms with Gasteiger partial charge in [-0.3, -0.25) is 13.9 Å². The van der Waals surface area contributed by atoms with Gasteiger partial charge in [0.15, 0.2) is 5.71 Å². The fourth-order valence-electron chi connectivity index (χ4n) is 9.06. The van der Waals surface area contributed by atoms with Crippen LogP contribution >= 0.6 is 0 Å². The van der Waals surface area contributed by atoms with Crippen molar-refractivity contribution in [3.05, 3.63) is 95.8 Å². The number of allylic oxidation sites excluding steroid dienone is 8. The Morgan fingerprint density at radius 1 is 0.571 bits per heavy atom. The molecule has 0 fully saturated rings. The Morgan fingerprint density at radius 3 is 1.49 bits per heavy atom. The predicted molar refractivity (Wildman–Crippen MR) is 291 cm³/mol. The molecule has 0 radical (unpaired) electrons. The first-order valence-electron chi connectivity index (χ1n) is 26.2. The predicted octanol–water partition coefficient (Wildman–Crippen LogP) is 6.74. The summed E-state index contributed by atoms with van der Waals surface area (Å²) in [5.74, 6) is -0.857. The smallest absolute Gasteiger partial charge is 0.303 e. The van der Waals surface area contributed by atoms with Crippen molar-refractivity contribution in [2.45, 2.75) is 79.9 Å². The lowest BCUT2D eigenvalue weighted by molar-refractivity contribution is -0.438. The van der Waals surface area contributed by atoms with Crippen LogP contribution in [0.5, 0.6) is 0 Å². The second-order valence-electron chi connectivity index (χ2n) is 18.5. The fourth-order valence-corrected chi connectivity index (χ4v) is 10.1. The number of likely N-dealkylation sites (N-methyl/N-ethyl adjacent to an activating group) is 1. The van der Waals surface area contributed by atoms with Crippen LogP contribution in [0, 0.1) is 0 Å². The standard InChI is InChI=1S/C55H82N2O18S2/c1-6-56-49-20-18-45(76(60,61)62)43-47(49)54(2,22-25-68-31-33-72-39-41-74-37-35-70-29-27-66-4)51(56)15-11-8-7-9-12-16-52-55(3,23-26-69-32-34-73-40-42-75-38-36-71-30-28-67-5)48-44-46(77(63,64)65)19-21-50(48)57(52)24-14-10-13-17-53(58)59/h7-9,11-12,15-16,18-21,43-44H,6,10,13-14,17,22-42H2,1-5H3,(H2-,58,59,60,61,62,63,64,65)/p+1. The van der Waals surface area contributed by atoms with E-state index >= 15 is 0 Å². The third-order valence-corrected chi connectivity index (χ3v) is 14.8. The van der Waals surface area contributed by atoms with Crippen molar-refractivity contribution in [3.63, 3.8) is 0 Å². The van der Waals surface area contributed by atoms with E-state index in [1.54, 1.807) is 26.4 Å². The van der Waals surface area contributed by atoms with Gasteiger partial charge in [0.05, 0.1) is 121 Å². The van der Waals surface area contributed by atoms with Crippen molar-refractivity contribution in [2.24, 2.45) is 0 Å². The molecular formula is C55H83N2O18S2+. The van der Waals surface area contributed by atoms with Gasteiger partial charge in [0.1, 0.15) is 6.54 Å². The number of carboxylic acids is 1. The van der Waals surface area contributed by atoms with E-state index in [1.165, 1.54) is 24.3 Å². The summed E-state index contributed by atoms with van der Waals surface area (Å²) in [6.45, 7) is 14.7. The second kappa shape index (κ2) is 34.7. The molecular weight excluding hydrogens is 1040 g/mol. The lowest BCUT2D eigenvalue weighted by atomic mass is 9.76. The number of carbonyl (C=O) groups is 1. The first-order chi connectivity index (χ1) is 37.0. The quantitative estimate of drug-likeness (QED) is 0.0269. The van der Waals surface area contributed by atoms with Gasteiger partial charge in [-0.2, -0.15) is 21.4 Å². The molecule has 3 N–H and O–H groups in total. The molecule has 20 nitrogen and oxygen atoms in total. The number of rotatable bonds is 43. The second-order valence-corrected chi connectivity index (χ2v) is 21.4. The van der Waals surface area contributed by atoms with E-state index in [4.69, 9.17) is 47.4 Å². The minimum absolute atomic E-state index is 0.0589. The Morgan fingerprint density at radius 2 is 1.01 bits per heavy atom. The fraction of sp³-hybridized carbons (Fsp3) is 0.600. The summed E-state index contributed by atoms with van der Waals surface area (Å²) in [7, 11) is -5.77. The van der Waals surface area contributed by atoms with Gasteiger partial charge in [-0.05, 0) is 88.4 Å². The Labute approximate surface area is 456 Å². The molecule has 2 aromatic rings. The third-order valence-electron chi connectivity index (χ3n) is 13.1. The van der Waals surface area contributed by atoms with Crippen LogP contribution in [0.3, 0.4) is 0 Å². The molecule has 2 aliphatic heterocycles. The SMILES string of the molecule is CCN1/C(=C/C=C/C=C/C=C/C2=[N+](CCCCCC(=O)O)c3ccc(S(=O)(=O)O)cc3C2(C)CCOCCOCCOCCOCCOC)C(C)(CCOCCOCCOCCOCCOC)c2cc(S(=O)(=O)O)ccc21. The monoisotopic (exact) mass is 1120 g/mol. The first-order valence-corrected chi connectivity index (χ1v) is 29.1. The van der Waals surface area contributed by atoms with Gasteiger partial charge in [-0.25, -0.2) is 0 Å². The van der Waals surface area contributed by atoms with Gasteiger partial charge in [0, 0.05) is 81.3 Å². The van der Waals surface area contributed by atoms with E-state index in [1.807, 2.05) is 63.3 Å². The number of ether oxygens (including phenoxy) is 10. The van der Waals surface area contributed by atoms with Crippen LogP contribution in [0.2, 0.25) is 0 Å². The summed E-state index contributed by atoms with van der Waals surface area (Å²) < 4.78 is 127. The average molecular weight is 1120 g/mol. The first kappa shape index (κ1) is 65.3. The number of methoxy groups -OCH3 is 2. The van der Waals surface area contributed by atoms with Crippen LogP contribution in [0.25, 0.3) is 0 Å². The molecule has 2 unspecified atom stereocenters. The van der Waals surface area contributed by atoms with Gasteiger partial charge in [-0.1, -0.05) is 30.4 Å². The molecule has 2 heterocycles. The highest BCUT2D eigenvalue weighted by molar-refractivity contribution is 7.86. The molecule has 2 atom stereocenters. The van der Waals surface area contributed by atoms with Crippen molar-refractivity contribution >= 4 is 43.3 Å². The molecule has 0 bridgehead atoms. The number of benzene rings is 2. The molecule has 0 spiro atoms. The molecule has 0 aliphatic carbocycles. The number of unbranched alkanes of at least 4 members (excludes halogenated alkanes) is 2. The van der Waals surface area contributed by atoms with Crippen LogP contribution in [0.1, 0.15) is 70.4 Å². The van der Waals surface area contributed by atoms with E-state index in [2.05, 4.69) is 9.48 Å². The van der Waals surface area contributed by atoms with Crippen LogP contribution in [-0.2, 0) is 83.2 Å². The topological polar surface area (TPSA) is 245 Å². The van der Waals surface area contributed by atoms with Crippen molar-refractivity contribution in [2.75, 3.05) is 151 Å². The summed E-state index contributed by atoms with van der Waals surface area (Å²) in [6, 6.07) is 9.27. The van der Waals surface area contributed by atoms with Crippen molar-refractivity contribution in [1.82, 2.24) is 0 Å². The number of hydrogen-bond acceptors (Lipinski definition) is 16. The third kappa shape index (κ3) is 21.4. The summed E-state index contributed by atoms with van der Waals surface area (Å²) in [4.78, 5) is 13.0. The van der Waals surface area contributed by atoms with Crippen molar-refractivity contribution < 1.29 is 87.8 Å². The summed E-state index contributed by atoms with van der Waals surface area (Å²) in [5.41, 5.74) is 3.39. The zero-order valence-corrected chi connectivity index (χ0v) is 47.2. The molecule has 77 heavy (non-hydrogen) atoms. The highest BCUT2D eigenvalue weighted by Gasteiger charge is 2.48. The Bertz CT molecular complexity index is 2500. The number of aliphatic carboxylic acids is 1. The molecule has 0 saturated carbocycles. The molecule has 22 heteroatoms. The zero-order chi connectivity index (χ0) is 56.0. The van der Waals surface area contributed by atoms with Crippen LogP contribution < -0.4 is 4.90 Å². The van der Waals surface area contributed by atoms with E-state index in [-0.39, 0.29) is 16.2 Å². The summed E-state index contributed by atoms with van der Waals surface area (Å²) in [5, 5.41) is 9.25. The summed E-state index contributed by atoms with van der Waals surface area (Å²) in [6.07, 6.45) is 16.3. The van der Waals surface area contributed by atoms with Crippen LogP contribution in [0.15, 0.2) is 94.4 Å². The van der Waals surface area contributed by atoms with E-state index in [0.29, 0.717) is 170 Å². The number of nitrogens with zero attached hydrogens (tertiary/aromatic N) is 2. The van der Waals surface area contributed by atoms with Crippen LogP contribution in [-0.4, -0.2) is 194 Å². The van der Waals surface area contributed by atoms with E-state index in [0.717, 1.165) is 28.3 Å². The average Bonchev–Trinajstić information content (AvgIpc) is 3.90. The number of fused-ring (bicyclic) bond motifs is 2. The molecule has 0 saturated heterocycles.